The summed E-state index contributed by atoms with van der Waals surface area (Å²) in [6.45, 7) is 1.09. The van der Waals surface area contributed by atoms with Gasteiger partial charge in [-0.2, -0.15) is 8.42 Å². The Hall–Kier alpha value is -1.60. The van der Waals surface area contributed by atoms with Crippen molar-refractivity contribution in [3.8, 4) is 0 Å². The smallest absolute Gasteiger partial charge is 0.276 e. The summed E-state index contributed by atoms with van der Waals surface area (Å²) in [5.41, 5.74) is 6.29. The molecule has 0 bridgehead atoms. The monoisotopic (exact) mass is 244 g/mol. The van der Waals surface area contributed by atoms with E-state index in [-0.39, 0.29) is 0 Å². The van der Waals surface area contributed by atoms with Crippen molar-refractivity contribution in [2.24, 2.45) is 0 Å². The van der Waals surface area contributed by atoms with Crippen molar-refractivity contribution in [3.63, 3.8) is 0 Å². The van der Waals surface area contributed by atoms with Crippen molar-refractivity contribution >= 4 is 27.4 Å². The summed E-state index contributed by atoms with van der Waals surface area (Å²) in [5, 5.41) is 0.811. The average molecular weight is 244 g/mol. The number of nitrogens with one attached hydrogen (secondary N) is 1. The molecule has 1 atom stereocenters. The van der Waals surface area contributed by atoms with E-state index in [1.807, 2.05) is 0 Å². The first-order valence-electron chi connectivity index (χ1n) is 4.43. The minimum atomic E-state index is -4.38. The Morgan fingerprint density at radius 3 is 2.62 bits per heavy atom. The molecule has 0 heterocycles. The molecule has 0 aliphatic heterocycles. The highest BCUT2D eigenvalue weighted by atomic mass is 32.2. The third kappa shape index (κ3) is 3.21. The van der Waals surface area contributed by atoms with Crippen LogP contribution in [0, 0.1) is 0 Å². The highest BCUT2D eigenvalue weighted by Crippen LogP contribution is 2.12. The van der Waals surface area contributed by atoms with Crippen molar-refractivity contribution < 1.29 is 17.8 Å². The van der Waals surface area contributed by atoms with Crippen molar-refractivity contribution in [2.75, 3.05) is 11.1 Å². The van der Waals surface area contributed by atoms with Gasteiger partial charge in [-0.15, -0.1) is 0 Å². The summed E-state index contributed by atoms with van der Waals surface area (Å²) < 4.78 is 30.1. The Labute approximate surface area is 93.2 Å². The van der Waals surface area contributed by atoms with Gasteiger partial charge in [-0.25, -0.2) is 0 Å². The maximum Gasteiger partial charge on any atom is 0.276 e. The Morgan fingerprint density at radius 1 is 1.50 bits per heavy atom. The first kappa shape index (κ1) is 12.5. The highest BCUT2D eigenvalue weighted by molar-refractivity contribution is 7.87. The fourth-order valence-electron chi connectivity index (χ4n) is 0.996. The third-order valence-corrected chi connectivity index (χ3v) is 3.08. The van der Waals surface area contributed by atoms with Gasteiger partial charge in [0.2, 0.25) is 5.91 Å². The number of nitrogens with two attached hydrogens (primary N) is 1. The molecule has 0 saturated heterocycles. The van der Waals surface area contributed by atoms with Crippen LogP contribution < -0.4 is 11.1 Å². The average Bonchev–Trinajstić information content (AvgIpc) is 2.15. The number of hydrogen-bond acceptors (Lipinski definition) is 4. The molecule has 1 unspecified atom stereocenters. The molecule has 6 nitrogen and oxygen atoms in total. The molecular weight excluding hydrogens is 232 g/mol. The van der Waals surface area contributed by atoms with Crippen LogP contribution in [0.5, 0.6) is 0 Å². The predicted octanol–water partition coefficient (Wildman–Crippen LogP) is 0.484. The summed E-state index contributed by atoms with van der Waals surface area (Å²) in [6.07, 6.45) is 0. The van der Waals surface area contributed by atoms with Gasteiger partial charge in [0.05, 0.1) is 0 Å². The number of carbonyl (C=O) groups excluding carboxylic acids is 1. The van der Waals surface area contributed by atoms with Crippen molar-refractivity contribution in [1.82, 2.24) is 0 Å². The van der Waals surface area contributed by atoms with Crippen LogP contribution >= 0.6 is 0 Å². The van der Waals surface area contributed by atoms with Crippen LogP contribution in [-0.4, -0.2) is 24.1 Å². The molecule has 1 aromatic carbocycles. The zero-order valence-corrected chi connectivity index (χ0v) is 9.36. The number of rotatable bonds is 3. The second-order valence-electron chi connectivity index (χ2n) is 3.27. The molecule has 0 spiro atoms. The van der Waals surface area contributed by atoms with E-state index in [4.69, 9.17) is 10.3 Å². The molecule has 7 heteroatoms. The standard InChI is InChI=1S/C9H12N2O4S/c1-6(16(13,14)15)9(12)11-8-4-2-3-7(10)5-8/h2-6H,10H2,1H3,(H,11,12)(H,13,14,15). The summed E-state index contributed by atoms with van der Waals surface area (Å²) in [4.78, 5) is 11.4. The second kappa shape index (κ2) is 4.50. The minimum Gasteiger partial charge on any atom is -0.399 e. The predicted molar refractivity (Wildman–Crippen MR) is 60.5 cm³/mol. The lowest BCUT2D eigenvalue weighted by Crippen LogP contribution is -2.32. The lowest BCUT2D eigenvalue weighted by Gasteiger charge is -2.09. The molecule has 0 radical (unpaired) electrons. The van der Waals surface area contributed by atoms with Crippen LogP contribution in [0.1, 0.15) is 6.92 Å². The molecule has 1 rings (SSSR count). The van der Waals surface area contributed by atoms with Gasteiger partial charge >= 0.3 is 0 Å². The lowest BCUT2D eigenvalue weighted by molar-refractivity contribution is -0.115. The number of hydrogen-bond donors (Lipinski definition) is 3. The Kier molecular flexibility index (Phi) is 3.51. The van der Waals surface area contributed by atoms with E-state index in [2.05, 4.69) is 5.32 Å². The van der Waals surface area contributed by atoms with Crippen LogP contribution in [-0.2, 0) is 14.9 Å². The molecule has 1 aromatic rings. The van der Waals surface area contributed by atoms with Crippen LogP contribution in [0.3, 0.4) is 0 Å². The van der Waals surface area contributed by atoms with Crippen molar-refractivity contribution in [2.45, 2.75) is 12.2 Å². The zero-order chi connectivity index (χ0) is 12.3. The van der Waals surface area contributed by atoms with Crippen LogP contribution in [0.2, 0.25) is 0 Å². The summed E-state index contributed by atoms with van der Waals surface area (Å²) in [6, 6.07) is 6.28. The maximum atomic E-state index is 11.4. The summed E-state index contributed by atoms with van der Waals surface area (Å²) in [7, 11) is -4.38. The van der Waals surface area contributed by atoms with Gasteiger partial charge in [-0.05, 0) is 25.1 Å². The highest BCUT2D eigenvalue weighted by Gasteiger charge is 2.25. The van der Waals surface area contributed by atoms with E-state index in [0.29, 0.717) is 11.4 Å². The molecule has 0 aromatic heterocycles. The third-order valence-electron chi connectivity index (χ3n) is 1.97. The fraction of sp³-hybridized carbons (Fsp3) is 0.222. The first-order chi connectivity index (χ1) is 7.30. The number of amides is 1. The van der Waals surface area contributed by atoms with Crippen molar-refractivity contribution in [3.05, 3.63) is 24.3 Å². The van der Waals surface area contributed by atoms with Gasteiger partial charge in [0.1, 0.15) is 0 Å². The van der Waals surface area contributed by atoms with Crippen LogP contribution in [0.4, 0.5) is 11.4 Å². The summed E-state index contributed by atoms with van der Waals surface area (Å²) >= 11 is 0. The second-order valence-corrected chi connectivity index (χ2v) is 5.01. The van der Waals surface area contributed by atoms with E-state index in [1.54, 1.807) is 18.2 Å². The van der Waals surface area contributed by atoms with Gasteiger partial charge in [0.15, 0.2) is 5.25 Å². The Balaban J connectivity index is 2.80. The quantitative estimate of drug-likeness (QED) is 0.529. The number of nitrogen functional groups attached to an aromatic ring is 1. The van der Waals surface area contributed by atoms with Gasteiger partial charge in [-0.3, -0.25) is 9.35 Å². The van der Waals surface area contributed by atoms with Gasteiger partial charge in [-0.1, -0.05) is 6.07 Å². The molecule has 1 amide bonds. The molecule has 0 aliphatic rings. The van der Waals surface area contributed by atoms with E-state index in [0.717, 1.165) is 6.92 Å². The Bertz CT molecular complexity index is 498. The maximum absolute atomic E-state index is 11.4. The SMILES string of the molecule is CC(C(=O)Nc1cccc(N)c1)S(=O)(=O)O. The van der Waals surface area contributed by atoms with E-state index >= 15 is 0 Å². The van der Waals surface area contributed by atoms with Crippen molar-refractivity contribution in [1.29, 1.82) is 0 Å². The van der Waals surface area contributed by atoms with Crippen LogP contribution in [0.15, 0.2) is 24.3 Å². The minimum absolute atomic E-state index is 0.375. The number of anilines is 2. The number of carbonyl (C=O) groups is 1. The molecular formula is C9H12N2O4S. The van der Waals surface area contributed by atoms with E-state index in [9.17, 15) is 13.2 Å². The normalized spacial score (nSPS) is 13.1. The molecule has 88 valence electrons. The fourth-order valence-corrected chi connectivity index (χ4v) is 1.33. The molecule has 16 heavy (non-hydrogen) atoms. The Morgan fingerprint density at radius 2 is 2.12 bits per heavy atom. The van der Waals surface area contributed by atoms with Gasteiger partial charge in [0, 0.05) is 11.4 Å². The van der Waals surface area contributed by atoms with Gasteiger partial charge < -0.3 is 11.1 Å². The lowest BCUT2D eigenvalue weighted by atomic mass is 10.3. The molecule has 0 aliphatic carbocycles. The first-order valence-corrected chi connectivity index (χ1v) is 5.94. The zero-order valence-electron chi connectivity index (χ0n) is 8.54. The van der Waals surface area contributed by atoms with Crippen LogP contribution in [0.25, 0.3) is 0 Å². The topological polar surface area (TPSA) is 109 Å². The van der Waals surface area contributed by atoms with Gasteiger partial charge in [0.25, 0.3) is 10.1 Å². The largest absolute Gasteiger partial charge is 0.399 e. The molecule has 0 saturated carbocycles. The van der Waals surface area contributed by atoms with E-state index in [1.165, 1.54) is 6.07 Å². The van der Waals surface area contributed by atoms with E-state index < -0.39 is 21.3 Å². The summed E-state index contributed by atoms with van der Waals surface area (Å²) in [5.74, 6) is -0.812. The molecule has 4 N–H and O–H groups in total. The molecule has 0 fully saturated rings. The number of benzene rings is 1.